The van der Waals surface area contributed by atoms with Crippen LogP contribution in [0.5, 0.6) is 0 Å². The highest BCUT2D eigenvalue weighted by Crippen LogP contribution is 2.39. The average molecular weight is 327 g/mol. The molecule has 0 saturated carbocycles. The minimum absolute atomic E-state index is 0.176. The Labute approximate surface area is 143 Å². The maximum absolute atomic E-state index is 12.0. The van der Waals surface area contributed by atoms with Crippen LogP contribution < -0.4 is 0 Å². The van der Waals surface area contributed by atoms with Gasteiger partial charge < -0.3 is 9.64 Å². The van der Waals surface area contributed by atoms with Crippen molar-refractivity contribution >= 4 is 6.09 Å². The number of ether oxygens (including phenoxy) is 1. The molecule has 1 unspecified atom stereocenters. The second-order valence-corrected chi connectivity index (χ2v) is 6.95. The van der Waals surface area contributed by atoms with E-state index in [2.05, 4.69) is 11.0 Å². The van der Waals surface area contributed by atoms with Crippen molar-refractivity contribution in [3.63, 3.8) is 0 Å². The Morgan fingerprint density at radius 2 is 2.12 bits per heavy atom. The Morgan fingerprint density at radius 3 is 2.92 bits per heavy atom. The van der Waals surface area contributed by atoms with E-state index in [0.717, 1.165) is 56.7 Å². The summed E-state index contributed by atoms with van der Waals surface area (Å²) in [5, 5.41) is 9.25. The third kappa shape index (κ3) is 3.54. The zero-order valence-electron chi connectivity index (χ0n) is 14.3. The van der Waals surface area contributed by atoms with Crippen molar-refractivity contribution in [3.05, 3.63) is 35.4 Å². The first-order chi connectivity index (χ1) is 11.7. The van der Waals surface area contributed by atoms with Crippen LogP contribution in [0.15, 0.2) is 24.3 Å². The van der Waals surface area contributed by atoms with E-state index in [-0.39, 0.29) is 11.5 Å². The first-order valence-corrected chi connectivity index (χ1v) is 8.78. The number of piperidine rings is 1. The van der Waals surface area contributed by atoms with Gasteiger partial charge in [-0.1, -0.05) is 18.2 Å². The van der Waals surface area contributed by atoms with Crippen LogP contribution in [0.2, 0.25) is 0 Å². The molecule has 128 valence electrons. The molecular formula is C19H25N3O2. The SMILES string of the molecule is CCOC(=O)N1CCCC2(CCN(Cc3ccccc3C#N)C2)C1. The topological polar surface area (TPSA) is 56.6 Å². The van der Waals surface area contributed by atoms with E-state index in [1.165, 1.54) is 6.42 Å². The Bertz CT molecular complexity index is 640. The van der Waals surface area contributed by atoms with Gasteiger partial charge in [0.2, 0.25) is 0 Å². The van der Waals surface area contributed by atoms with Gasteiger partial charge >= 0.3 is 6.09 Å². The summed E-state index contributed by atoms with van der Waals surface area (Å²) < 4.78 is 5.17. The Balaban J connectivity index is 1.64. The molecule has 2 saturated heterocycles. The van der Waals surface area contributed by atoms with Crippen LogP contribution in [-0.4, -0.2) is 48.7 Å². The molecule has 1 aromatic rings. The highest BCUT2D eigenvalue weighted by molar-refractivity contribution is 5.67. The lowest BCUT2D eigenvalue weighted by Gasteiger charge is -2.39. The summed E-state index contributed by atoms with van der Waals surface area (Å²) in [5.41, 5.74) is 2.04. The van der Waals surface area contributed by atoms with Crippen molar-refractivity contribution in [1.29, 1.82) is 5.26 Å². The third-order valence-electron chi connectivity index (χ3n) is 5.24. The Hall–Kier alpha value is -2.06. The monoisotopic (exact) mass is 327 g/mol. The zero-order chi connectivity index (χ0) is 17.0. The normalized spacial score (nSPS) is 24.1. The van der Waals surface area contributed by atoms with E-state index < -0.39 is 0 Å². The molecule has 2 aliphatic rings. The van der Waals surface area contributed by atoms with Crippen molar-refractivity contribution < 1.29 is 9.53 Å². The van der Waals surface area contributed by atoms with Crippen molar-refractivity contribution in [2.24, 2.45) is 5.41 Å². The van der Waals surface area contributed by atoms with E-state index in [0.29, 0.717) is 6.61 Å². The number of carbonyl (C=O) groups is 1. The van der Waals surface area contributed by atoms with Crippen molar-refractivity contribution in [2.45, 2.75) is 32.7 Å². The minimum Gasteiger partial charge on any atom is -0.450 e. The van der Waals surface area contributed by atoms with Crippen molar-refractivity contribution in [2.75, 3.05) is 32.8 Å². The summed E-state index contributed by atoms with van der Waals surface area (Å²) in [6.45, 7) is 6.70. The second kappa shape index (κ2) is 7.23. The van der Waals surface area contributed by atoms with Crippen LogP contribution in [0.3, 0.4) is 0 Å². The van der Waals surface area contributed by atoms with Crippen LogP contribution >= 0.6 is 0 Å². The smallest absolute Gasteiger partial charge is 0.409 e. The van der Waals surface area contributed by atoms with Crippen molar-refractivity contribution in [1.82, 2.24) is 9.80 Å². The van der Waals surface area contributed by atoms with Crippen LogP contribution in [0, 0.1) is 16.7 Å². The molecule has 3 rings (SSSR count). The van der Waals surface area contributed by atoms with Gasteiger partial charge in [0.1, 0.15) is 0 Å². The van der Waals surface area contributed by atoms with E-state index in [4.69, 9.17) is 4.74 Å². The van der Waals surface area contributed by atoms with Gasteiger partial charge in [0.05, 0.1) is 18.2 Å². The molecule has 24 heavy (non-hydrogen) atoms. The number of nitriles is 1. The van der Waals surface area contributed by atoms with Crippen LogP contribution in [-0.2, 0) is 11.3 Å². The van der Waals surface area contributed by atoms with Gasteiger partial charge in [-0.2, -0.15) is 5.26 Å². The Morgan fingerprint density at radius 1 is 1.29 bits per heavy atom. The van der Waals surface area contributed by atoms with Gasteiger partial charge in [-0.05, 0) is 44.4 Å². The highest BCUT2D eigenvalue weighted by Gasteiger charge is 2.42. The number of benzene rings is 1. The number of carbonyl (C=O) groups excluding carboxylic acids is 1. The second-order valence-electron chi connectivity index (χ2n) is 6.95. The molecule has 1 amide bonds. The molecule has 2 heterocycles. The van der Waals surface area contributed by atoms with Gasteiger partial charge in [0, 0.05) is 31.6 Å². The number of hydrogen-bond donors (Lipinski definition) is 0. The van der Waals surface area contributed by atoms with Gasteiger partial charge in [0.25, 0.3) is 0 Å². The first kappa shape index (κ1) is 16.8. The fraction of sp³-hybridized carbons (Fsp3) is 0.579. The molecule has 0 bridgehead atoms. The van der Waals surface area contributed by atoms with Gasteiger partial charge in [-0.15, -0.1) is 0 Å². The molecule has 5 nitrogen and oxygen atoms in total. The highest BCUT2D eigenvalue weighted by atomic mass is 16.6. The zero-order valence-corrected chi connectivity index (χ0v) is 14.3. The van der Waals surface area contributed by atoms with Crippen LogP contribution in [0.4, 0.5) is 4.79 Å². The number of hydrogen-bond acceptors (Lipinski definition) is 4. The molecule has 1 aromatic carbocycles. The average Bonchev–Trinajstić information content (AvgIpc) is 2.97. The maximum atomic E-state index is 12.0. The predicted molar refractivity (Wildman–Crippen MR) is 91.3 cm³/mol. The molecule has 0 radical (unpaired) electrons. The number of nitrogens with zero attached hydrogens (tertiary/aromatic N) is 3. The van der Waals surface area contributed by atoms with Gasteiger partial charge in [-0.3, -0.25) is 4.90 Å². The molecule has 5 heteroatoms. The predicted octanol–water partition coefficient (Wildman–Crippen LogP) is 3.00. The summed E-state index contributed by atoms with van der Waals surface area (Å²) in [7, 11) is 0. The molecule has 0 aliphatic carbocycles. The van der Waals surface area contributed by atoms with Gasteiger partial charge in [-0.25, -0.2) is 4.79 Å². The van der Waals surface area contributed by atoms with E-state index in [1.54, 1.807) is 0 Å². The van der Waals surface area contributed by atoms with E-state index in [1.807, 2.05) is 36.1 Å². The number of amides is 1. The first-order valence-electron chi connectivity index (χ1n) is 8.78. The third-order valence-corrected chi connectivity index (χ3v) is 5.24. The largest absolute Gasteiger partial charge is 0.450 e. The Kier molecular flexibility index (Phi) is 5.06. The lowest BCUT2D eigenvalue weighted by molar-refractivity contribution is 0.0600. The molecule has 0 N–H and O–H groups in total. The summed E-state index contributed by atoms with van der Waals surface area (Å²) in [5.74, 6) is 0. The minimum atomic E-state index is -0.176. The summed E-state index contributed by atoms with van der Waals surface area (Å²) in [4.78, 5) is 16.3. The molecule has 1 atom stereocenters. The van der Waals surface area contributed by atoms with Crippen LogP contribution in [0.1, 0.15) is 37.3 Å². The number of rotatable bonds is 3. The fourth-order valence-electron chi connectivity index (χ4n) is 4.08. The lowest BCUT2D eigenvalue weighted by Crippen LogP contribution is -2.47. The lowest BCUT2D eigenvalue weighted by atomic mass is 9.79. The molecular weight excluding hydrogens is 302 g/mol. The number of likely N-dealkylation sites (tertiary alicyclic amines) is 2. The summed E-state index contributed by atoms with van der Waals surface area (Å²) in [6, 6.07) is 10.1. The summed E-state index contributed by atoms with van der Waals surface area (Å²) >= 11 is 0. The van der Waals surface area contributed by atoms with Crippen LogP contribution in [0.25, 0.3) is 0 Å². The maximum Gasteiger partial charge on any atom is 0.409 e. The van der Waals surface area contributed by atoms with Crippen molar-refractivity contribution in [3.8, 4) is 6.07 Å². The molecule has 1 spiro atoms. The van der Waals surface area contributed by atoms with E-state index >= 15 is 0 Å². The molecule has 2 aliphatic heterocycles. The quantitative estimate of drug-likeness (QED) is 0.856. The van der Waals surface area contributed by atoms with Gasteiger partial charge in [0.15, 0.2) is 0 Å². The van der Waals surface area contributed by atoms with E-state index in [9.17, 15) is 10.1 Å². The molecule has 2 fully saturated rings. The standard InChI is InChI=1S/C19H25N3O2/c1-2-24-18(23)22-10-5-8-19(15-22)9-11-21(14-19)13-17-7-4-3-6-16(17)12-20/h3-4,6-7H,2,5,8-11,13-15H2,1H3. The summed E-state index contributed by atoms with van der Waals surface area (Å²) in [6.07, 6.45) is 3.14. The molecule has 0 aromatic heterocycles. The fourth-order valence-corrected chi connectivity index (χ4v) is 4.08.